The molecule has 1 N–H and O–H groups in total. The van der Waals surface area contributed by atoms with E-state index in [4.69, 9.17) is 16.3 Å². The molecule has 1 aromatic carbocycles. The summed E-state index contributed by atoms with van der Waals surface area (Å²) >= 11 is 6.12. The summed E-state index contributed by atoms with van der Waals surface area (Å²) < 4.78 is 19.3. The molecular weight excluding hydrogens is 253 g/mol. The number of hydrogen-bond donors (Lipinski definition) is 1. The van der Waals surface area contributed by atoms with E-state index in [9.17, 15) is 4.39 Å². The molecule has 0 bridgehead atoms. The van der Waals surface area contributed by atoms with Crippen LogP contribution in [0.5, 0.6) is 5.75 Å². The summed E-state index contributed by atoms with van der Waals surface area (Å²) in [5, 5.41) is 3.75. The second-order valence-corrected chi connectivity index (χ2v) is 5.62. The SMILES string of the molecule is Fc1cc(Cl)c(OCC2CC2)c(C2CCCN2)c1. The molecule has 1 aliphatic carbocycles. The first-order valence-electron chi connectivity index (χ1n) is 6.59. The molecular formula is C14H17ClFNO. The van der Waals surface area contributed by atoms with Gasteiger partial charge in [0.1, 0.15) is 11.6 Å². The summed E-state index contributed by atoms with van der Waals surface area (Å²) in [5.41, 5.74) is 0.873. The molecule has 0 radical (unpaired) electrons. The zero-order chi connectivity index (χ0) is 12.5. The Bertz CT molecular complexity index is 442. The van der Waals surface area contributed by atoms with Crippen molar-refractivity contribution in [3.8, 4) is 5.75 Å². The summed E-state index contributed by atoms with van der Waals surface area (Å²) in [7, 11) is 0. The molecule has 1 saturated carbocycles. The number of rotatable bonds is 4. The molecule has 98 valence electrons. The van der Waals surface area contributed by atoms with Gasteiger partial charge in [-0.2, -0.15) is 0 Å². The van der Waals surface area contributed by atoms with Crippen molar-refractivity contribution < 1.29 is 9.13 Å². The normalized spacial score (nSPS) is 23.3. The van der Waals surface area contributed by atoms with E-state index < -0.39 is 0 Å². The van der Waals surface area contributed by atoms with Crippen molar-refractivity contribution in [3.63, 3.8) is 0 Å². The van der Waals surface area contributed by atoms with Gasteiger partial charge < -0.3 is 10.1 Å². The highest BCUT2D eigenvalue weighted by Crippen LogP contribution is 2.38. The van der Waals surface area contributed by atoms with Gasteiger partial charge in [-0.15, -0.1) is 0 Å². The van der Waals surface area contributed by atoms with Gasteiger partial charge in [0.05, 0.1) is 11.6 Å². The number of benzene rings is 1. The van der Waals surface area contributed by atoms with E-state index in [-0.39, 0.29) is 11.9 Å². The van der Waals surface area contributed by atoms with Crippen molar-refractivity contribution in [2.24, 2.45) is 5.92 Å². The third-order valence-corrected chi connectivity index (χ3v) is 3.91. The van der Waals surface area contributed by atoms with Gasteiger partial charge in [-0.05, 0) is 50.3 Å². The van der Waals surface area contributed by atoms with Gasteiger partial charge in [-0.25, -0.2) is 4.39 Å². The average Bonchev–Trinajstić information content (AvgIpc) is 3.00. The van der Waals surface area contributed by atoms with Gasteiger partial charge in [-0.1, -0.05) is 11.6 Å². The van der Waals surface area contributed by atoms with Crippen molar-refractivity contribution in [2.45, 2.75) is 31.7 Å². The number of halogens is 2. The van der Waals surface area contributed by atoms with Gasteiger partial charge in [0.15, 0.2) is 0 Å². The van der Waals surface area contributed by atoms with Gasteiger partial charge in [0, 0.05) is 11.6 Å². The monoisotopic (exact) mass is 269 g/mol. The fourth-order valence-electron chi connectivity index (χ4n) is 2.43. The Balaban J connectivity index is 1.86. The van der Waals surface area contributed by atoms with Crippen LogP contribution in [0.15, 0.2) is 12.1 Å². The smallest absolute Gasteiger partial charge is 0.142 e. The lowest BCUT2D eigenvalue weighted by atomic mass is 10.0. The van der Waals surface area contributed by atoms with E-state index in [2.05, 4.69) is 5.32 Å². The number of ether oxygens (including phenoxy) is 1. The largest absolute Gasteiger partial charge is 0.491 e. The summed E-state index contributed by atoms with van der Waals surface area (Å²) in [5.74, 6) is 1.04. The van der Waals surface area contributed by atoms with E-state index in [0.717, 1.165) is 24.9 Å². The van der Waals surface area contributed by atoms with E-state index in [1.807, 2.05) is 0 Å². The lowest BCUT2D eigenvalue weighted by Gasteiger charge is -2.18. The minimum atomic E-state index is -0.289. The van der Waals surface area contributed by atoms with Crippen LogP contribution in [-0.4, -0.2) is 13.2 Å². The molecule has 18 heavy (non-hydrogen) atoms. The summed E-state index contributed by atoms with van der Waals surface area (Å²) in [6.45, 7) is 1.67. The maximum atomic E-state index is 13.5. The molecule has 2 aliphatic rings. The highest BCUT2D eigenvalue weighted by Gasteiger charge is 2.26. The van der Waals surface area contributed by atoms with Crippen LogP contribution >= 0.6 is 11.6 Å². The van der Waals surface area contributed by atoms with Crippen LogP contribution < -0.4 is 10.1 Å². The summed E-state index contributed by atoms with van der Waals surface area (Å²) in [4.78, 5) is 0. The molecule has 1 heterocycles. The number of nitrogens with one attached hydrogen (secondary N) is 1. The molecule has 1 aromatic rings. The fraction of sp³-hybridized carbons (Fsp3) is 0.571. The third kappa shape index (κ3) is 2.62. The molecule has 0 spiro atoms. The van der Waals surface area contributed by atoms with Gasteiger partial charge in [0.25, 0.3) is 0 Å². The molecule has 1 unspecified atom stereocenters. The van der Waals surface area contributed by atoms with Crippen LogP contribution in [0, 0.1) is 11.7 Å². The van der Waals surface area contributed by atoms with Gasteiger partial charge in [0.2, 0.25) is 0 Å². The van der Waals surface area contributed by atoms with Crippen LogP contribution in [-0.2, 0) is 0 Å². The minimum Gasteiger partial charge on any atom is -0.491 e. The Hall–Kier alpha value is -0.800. The third-order valence-electron chi connectivity index (χ3n) is 3.63. The Morgan fingerprint density at radius 2 is 2.17 bits per heavy atom. The Labute approximate surface area is 111 Å². The fourth-order valence-corrected chi connectivity index (χ4v) is 2.69. The lowest BCUT2D eigenvalue weighted by Crippen LogP contribution is -2.15. The highest BCUT2D eigenvalue weighted by atomic mass is 35.5. The predicted molar refractivity (Wildman–Crippen MR) is 69.6 cm³/mol. The molecule has 3 rings (SSSR count). The second kappa shape index (κ2) is 5.06. The molecule has 0 aromatic heterocycles. The first-order valence-corrected chi connectivity index (χ1v) is 6.97. The van der Waals surface area contributed by atoms with Crippen molar-refractivity contribution >= 4 is 11.6 Å². The van der Waals surface area contributed by atoms with Crippen LogP contribution in [0.25, 0.3) is 0 Å². The van der Waals surface area contributed by atoms with Gasteiger partial charge >= 0.3 is 0 Å². The highest BCUT2D eigenvalue weighted by molar-refractivity contribution is 6.32. The molecule has 4 heteroatoms. The average molecular weight is 270 g/mol. The molecule has 1 saturated heterocycles. The van der Waals surface area contributed by atoms with Crippen molar-refractivity contribution in [1.82, 2.24) is 5.32 Å². The second-order valence-electron chi connectivity index (χ2n) is 5.21. The van der Waals surface area contributed by atoms with E-state index in [1.165, 1.54) is 18.9 Å². The maximum absolute atomic E-state index is 13.5. The van der Waals surface area contributed by atoms with E-state index in [0.29, 0.717) is 23.3 Å². The standard InChI is InChI=1S/C14H17ClFNO/c15-12-7-10(16)6-11(13-2-1-5-17-13)14(12)18-8-9-3-4-9/h6-7,9,13,17H,1-5,8H2. The number of hydrogen-bond acceptors (Lipinski definition) is 2. The topological polar surface area (TPSA) is 21.3 Å². The van der Waals surface area contributed by atoms with Crippen molar-refractivity contribution in [1.29, 1.82) is 0 Å². The van der Waals surface area contributed by atoms with Crippen LogP contribution in [0.4, 0.5) is 4.39 Å². The first kappa shape index (κ1) is 12.2. The molecule has 1 atom stereocenters. The Kier molecular flexibility index (Phi) is 3.44. The van der Waals surface area contributed by atoms with Crippen LogP contribution in [0.3, 0.4) is 0 Å². The van der Waals surface area contributed by atoms with Gasteiger partial charge in [-0.3, -0.25) is 0 Å². The summed E-state index contributed by atoms with van der Waals surface area (Å²) in [6.07, 6.45) is 4.59. The van der Waals surface area contributed by atoms with Crippen LogP contribution in [0.2, 0.25) is 5.02 Å². The minimum absolute atomic E-state index is 0.174. The van der Waals surface area contributed by atoms with Crippen LogP contribution in [0.1, 0.15) is 37.3 Å². The van der Waals surface area contributed by atoms with Crippen molar-refractivity contribution in [3.05, 3.63) is 28.5 Å². The molecule has 0 amide bonds. The molecule has 2 fully saturated rings. The zero-order valence-electron chi connectivity index (χ0n) is 10.2. The predicted octanol–water partition coefficient (Wildman–Crippen LogP) is 3.69. The molecule has 1 aliphatic heterocycles. The zero-order valence-corrected chi connectivity index (χ0v) is 11.0. The maximum Gasteiger partial charge on any atom is 0.142 e. The van der Waals surface area contributed by atoms with Crippen molar-refractivity contribution in [2.75, 3.05) is 13.2 Å². The van der Waals surface area contributed by atoms with E-state index in [1.54, 1.807) is 6.07 Å². The molecule has 2 nitrogen and oxygen atoms in total. The van der Waals surface area contributed by atoms with E-state index >= 15 is 0 Å². The Morgan fingerprint density at radius 3 is 2.83 bits per heavy atom. The quantitative estimate of drug-likeness (QED) is 0.900. The lowest BCUT2D eigenvalue weighted by molar-refractivity contribution is 0.294. The first-order chi connectivity index (χ1) is 8.74. The summed E-state index contributed by atoms with van der Waals surface area (Å²) in [6, 6.07) is 3.06. The Morgan fingerprint density at radius 1 is 1.33 bits per heavy atom.